The molecule has 7 unspecified atom stereocenters. The standard InChI is InChI=1S/C16H26FN3O15P2S/c17-5(3-21)13-11(25)10(24)12(26)15(33-13)34-36(28,29)35-37(30,38)31-4-6-9(23)8(18)14(32-6)20-2-1-7(22)19-16(20)27/h1-2,5-6,8-15,21,23-26H,3-4,18H2,(H,28,29)(H,30,38)(H,19,22,27)/t5-,6+,8+,9+,10?,11?,12?,13?,14+,15?,37?/m0/s1. The molecule has 218 valence electrons. The number of phosphoric ester groups is 1. The van der Waals surface area contributed by atoms with Crippen molar-refractivity contribution in [1.29, 1.82) is 0 Å². The van der Waals surface area contributed by atoms with Crippen molar-refractivity contribution in [1.82, 2.24) is 9.55 Å². The molecule has 0 aromatic carbocycles. The summed E-state index contributed by atoms with van der Waals surface area (Å²) < 4.78 is 51.2. The number of nitrogens with zero attached hydrogens (tertiary/aromatic N) is 1. The molecule has 2 aliphatic heterocycles. The molecule has 0 bridgehead atoms. The van der Waals surface area contributed by atoms with E-state index in [-0.39, 0.29) is 0 Å². The van der Waals surface area contributed by atoms with E-state index >= 15 is 0 Å². The van der Waals surface area contributed by atoms with E-state index in [1.807, 2.05) is 4.98 Å². The normalized spacial score (nSPS) is 37.9. The molecule has 1 aromatic rings. The smallest absolute Gasteiger partial charge is 0.393 e. The van der Waals surface area contributed by atoms with Gasteiger partial charge in [-0.25, -0.2) is 18.1 Å². The van der Waals surface area contributed by atoms with Crippen LogP contribution in [-0.4, -0.2) is 113 Å². The molecule has 1 aromatic heterocycles. The summed E-state index contributed by atoms with van der Waals surface area (Å²) in [7, 11) is -5.49. The van der Waals surface area contributed by atoms with Crippen LogP contribution in [0.2, 0.25) is 0 Å². The minimum atomic E-state index is -5.49. The molecule has 2 aliphatic rings. The Morgan fingerprint density at radius 1 is 1.16 bits per heavy atom. The summed E-state index contributed by atoms with van der Waals surface area (Å²) in [6.07, 6.45) is -16.0. The predicted octanol–water partition coefficient (Wildman–Crippen LogP) is -4.37. The first kappa shape index (κ1) is 31.5. The number of nitrogens with one attached hydrogen (secondary N) is 1. The summed E-state index contributed by atoms with van der Waals surface area (Å²) in [5, 5.41) is 48.8. The molecule has 3 rings (SSSR count). The van der Waals surface area contributed by atoms with Crippen LogP contribution < -0.4 is 17.0 Å². The quantitative estimate of drug-likeness (QED) is 0.113. The van der Waals surface area contributed by atoms with Gasteiger partial charge in [-0.2, -0.15) is 0 Å². The number of hydrogen-bond acceptors (Lipinski definition) is 15. The number of phosphoric acid groups is 1. The Balaban J connectivity index is 1.62. The minimum absolute atomic E-state index is 0.697. The number of halogens is 1. The summed E-state index contributed by atoms with van der Waals surface area (Å²) in [5.74, 6) is 0. The Bertz CT molecular complexity index is 1190. The average molecular weight is 613 g/mol. The molecule has 12 atom stereocenters. The zero-order valence-corrected chi connectivity index (χ0v) is 21.5. The lowest BCUT2D eigenvalue weighted by Crippen LogP contribution is -2.60. The van der Waals surface area contributed by atoms with Crippen LogP contribution in [0, 0.1) is 0 Å². The lowest BCUT2D eigenvalue weighted by Gasteiger charge is -2.41. The maximum absolute atomic E-state index is 13.8. The van der Waals surface area contributed by atoms with Gasteiger partial charge in [0.05, 0.1) is 19.3 Å². The van der Waals surface area contributed by atoms with Gasteiger partial charge in [-0.3, -0.25) is 18.9 Å². The van der Waals surface area contributed by atoms with Gasteiger partial charge in [-0.1, -0.05) is 0 Å². The first-order valence-electron chi connectivity index (χ1n) is 10.6. The van der Waals surface area contributed by atoms with Gasteiger partial charge in [0.2, 0.25) is 0 Å². The van der Waals surface area contributed by atoms with E-state index in [0.717, 1.165) is 16.8 Å². The van der Waals surface area contributed by atoms with Crippen molar-refractivity contribution < 1.29 is 67.1 Å². The third-order valence-corrected chi connectivity index (χ3v) is 9.04. The number of nitrogens with two attached hydrogens (primary N) is 1. The summed E-state index contributed by atoms with van der Waals surface area (Å²) in [6.45, 7) is -6.65. The number of H-pyrrole nitrogens is 1. The minimum Gasteiger partial charge on any atom is -0.393 e. The van der Waals surface area contributed by atoms with Gasteiger partial charge in [0, 0.05) is 12.3 Å². The highest BCUT2D eigenvalue weighted by molar-refractivity contribution is 8.08. The number of aromatic nitrogens is 2. The Kier molecular flexibility index (Phi) is 10.1. The van der Waals surface area contributed by atoms with E-state index in [2.05, 4.69) is 20.6 Å². The van der Waals surface area contributed by atoms with Crippen molar-refractivity contribution in [2.75, 3.05) is 13.2 Å². The highest BCUT2D eigenvalue weighted by Gasteiger charge is 2.50. The van der Waals surface area contributed by atoms with Crippen LogP contribution in [0.1, 0.15) is 6.23 Å². The third kappa shape index (κ3) is 7.18. The molecule has 2 fully saturated rings. The fourth-order valence-electron chi connectivity index (χ4n) is 3.62. The molecule has 2 saturated heterocycles. The highest BCUT2D eigenvalue weighted by atomic mass is 32.5. The lowest BCUT2D eigenvalue weighted by atomic mass is 9.96. The van der Waals surface area contributed by atoms with Gasteiger partial charge < -0.3 is 55.1 Å². The first-order chi connectivity index (χ1) is 17.6. The SMILES string of the molecule is N[C@@H]1[C@H](O)[C@@H](COP(O)(=S)OP(=O)(O)OC2OC([C@@H](F)CO)C(O)C(O)C2O)O[C@H]1n1ccc(=O)[nH]c1=O. The summed E-state index contributed by atoms with van der Waals surface area (Å²) in [6, 6.07) is -0.227. The highest BCUT2D eigenvalue weighted by Crippen LogP contribution is 2.61. The predicted molar refractivity (Wildman–Crippen MR) is 122 cm³/mol. The fraction of sp³-hybridized carbons (Fsp3) is 0.750. The number of aliphatic hydroxyl groups excluding tert-OH is 5. The van der Waals surface area contributed by atoms with Crippen LogP contribution in [0.15, 0.2) is 21.9 Å². The number of alkyl halides is 1. The van der Waals surface area contributed by atoms with Gasteiger partial charge >= 0.3 is 20.2 Å². The monoisotopic (exact) mass is 613 g/mol. The van der Waals surface area contributed by atoms with Crippen LogP contribution in [0.25, 0.3) is 0 Å². The van der Waals surface area contributed by atoms with E-state index in [0.29, 0.717) is 0 Å². The molecule has 3 heterocycles. The third-order valence-electron chi connectivity index (χ3n) is 5.53. The van der Waals surface area contributed by atoms with E-state index < -0.39 is 100 Å². The Morgan fingerprint density at radius 2 is 1.82 bits per heavy atom. The number of hydrogen-bond donors (Lipinski definition) is 9. The molecule has 0 saturated carbocycles. The molecule has 0 radical (unpaired) electrons. The maximum Gasteiger partial charge on any atom is 0.481 e. The van der Waals surface area contributed by atoms with Gasteiger partial charge in [-0.15, -0.1) is 0 Å². The Hall–Kier alpha value is -1.03. The van der Waals surface area contributed by atoms with Crippen LogP contribution >= 0.6 is 14.5 Å². The maximum atomic E-state index is 13.8. The summed E-state index contributed by atoms with van der Waals surface area (Å²) in [5.41, 5.74) is 4.26. The second kappa shape index (κ2) is 12.2. The molecule has 38 heavy (non-hydrogen) atoms. The zero-order valence-electron chi connectivity index (χ0n) is 18.9. The van der Waals surface area contributed by atoms with Crippen molar-refractivity contribution in [2.24, 2.45) is 5.73 Å². The zero-order chi connectivity index (χ0) is 28.6. The van der Waals surface area contributed by atoms with Gasteiger partial charge in [0.15, 0.2) is 18.7 Å². The number of rotatable bonds is 10. The first-order valence-corrected chi connectivity index (χ1v) is 14.7. The van der Waals surface area contributed by atoms with Crippen molar-refractivity contribution >= 4 is 26.3 Å². The number of aromatic amines is 1. The molecule has 0 spiro atoms. The Labute approximate surface area is 216 Å². The average Bonchev–Trinajstić information content (AvgIpc) is 3.10. The van der Waals surface area contributed by atoms with Crippen LogP contribution in [0.4, 0.5) is 4.39 Å². The van der Waals surface area contributed by atoms with Gasteiger partial charge in [-0.05, 0) is 11.8 Å². The molecule has 0 amide bonds. The Morgan fingerprint density at radius 3 is 2.42 bits per heavy atom. The van der Waals surface area contributed by atoms with E-state index in [1.165, 1.54) is 0 Å². The van der Waals surface area contributed by atoms with Crippen molar-refractivity contribution in [3.8, 4) is 0 Å². The number of aliphatic hydroxyl groups is 5. The van der Waals surface area contributed by atoms with Gasteiger partial charge in [0.1, 0.15) is 36.6 Å². The van der Waals surface area contributed by atoms with Crippen molar-refractivity contribution in [3.05, 3.63) is 33.1 Å². The molecule has 18 nitrogen and oxygen atoms in total. The molecule has 22 heteroatoms. The second-order valence-corrected chi connectivity index (χ2v) is 12.6. The summed E-state index contributed by atoms with van der Waals surface area (Å²) >= 11 is 4.64. The molecular formula is C16H26FN3O15P2S. The van der Waals surface area contributed by atoms with Crippen LogP contribution in [-0.2, 0) is 39.2 Å². The molecular weight excluding hydrogens is 587 g/mol. The van der Waals surface area contributed by atoms with Crippen molar-refractivity contribution in [2.45, 2.75) is 61.4 Å². The van der Waals surface area contributed by atoms with E-state index in [9.17, 15) is 48.8 Å². The van der Waals surface area contributed by atoms with Crippen LogP contribution in [0.3, 0.4) is 0 Å². The van der Waals surface area contributed by atoms with E-state index in [1.54, 1.807) is 0 Å². The second-order valence-electron chi connectivity index (χ2n) is 8.21. The topological polar surface area (TPSA) is 286 Å². The largest absolute Gasteiger partial charge is 0.481 e. The molecule has 10 N–H and O–H groups in total. The van der Waals surface area contributed by atoms with Gasteiger partial charge in [0.25, 0.3) is 5.56 Å². The number of ether oxygens (including phenoxy) is 2. The van der Waals surface area contributed by atoms with Crippen LogP contribution in [0.5, 0.6) is 0 Å². The molecule has 0 aliphatic carbocycles. The van der Waals surface area contributed by atoms with E-state index in [4.69, 9.17) is 24.8 Å². The van der Waals surface area contributed by atoms with Crippen molar-refractivity contribution in [3.63, 3.8) is 0 Å². The lowest BCUT2D eigenvalue weighted by molar-refractivity contribution is -0.287. The summed E-state index contributed by atoms with van der Waals surface area (Å²) in [4.78, 5) is 45.4. The fourth-order valence-corrected chi connectivity index (χ4v) is 6.72.